The second-order valence-corrected chi connectivity index (χ2v) is 16.1. The first-order valence-corrected chi connectivity index (χ1v) is 19.4. The highest BCUT2D eigenvalue weighted by molar-refractivity contribution is 14.1. The van der Waals surface area contributed by atoms with Gasteiger partial charge in [-0.3, -0.25) is 9.80 Å². The van der Waals surface area contributed by atoms with Gasteiger partial charge in [-0.25, -0.2) is 14.5 Å². The van der Waals surface area contributed by atoms with Crippen molar-refractivity contribution in [3.05, 3.63) is 84.5 Å². The standard InChI is InChI=1S/C41H56IN3O6/c1-8-11-14-30-18-27(17-26(4)35(30)46)23-43-38(49)44(24-28-19-31(15-12-9-2)36(47)33(21-28)41(5,6)7)40(51)45(39(43)50)25-29-20-32(16-13-10-3)37(48)34(42)22-29/h17-22,38,46-49H,8-16,23-25H2,1-7H3. The summed E-state index contributed by atoms with van der Waals surface area (Å²) in [5.74, 6) is 0.703. The topological polar surface area (TPSA) is 125 Å². The van der Waals surface area contributed by atoms with Crippen LogP contribution in [-0.4, -0.2) is 53.5 Å². The minimum absolute atomic E-state index is 0.00792. The molecule has 1 heterocycles. The number of aryl methyl sites for hydroxylation is 4. The van der Waals surface area contributed by atoms with E-state index < -0.39 is 18.4 Å². The maximum atomic E-state index is 14.3. The number of urea groups is 2. The zero-order chi connectivity index (χ0) is 37.6. The molecular weight excluding hydrogens is 757 g/mol. The largest absolute Gasteiger partial charge is 0.507 e. The van der Waals surface area contributed by atoms with Crippen LogP contribution in [0.3, 0.4) is 0 Å². The van der Waals surface area contributed by atoms with Crippen LogP contribution < -0.4 is 0 Å². The summed E-state index contributed by atoms with van der Waals surface area (Å²) >= 11 is 2.08. The third-order valence-electron chi connectivity index (χ3n) is 9.65. The van der Waals surface area contributed by atoms with Crippen molar-refractivity contribution in [2.75, 3.05) is 0 Å². The number of carbonyl (C=O) groups is 2. The minimum Gasteiger partial charge on any atom is -0.507 e. The number of aromatic hydroxyl groups is 3. The Hall–Kier alpha value is -3.51. The number of aliphatic hydroxyl groups excluding tert-OH is 1. The minimum atomic E-state index is -1.57. The fourth-order valence-electron chi connectivity index (χ4n) is 6.70. The van der Waals surface area contributed by atoms with Gasteiger partial charge in [0, 0.05) is 0 Å². The number of amides is 4. The summed E-state index contributed by atoms with van der Waals surface area (Å²) in [6.45, 7) is 14.1. The highest BCUT2D eigenvalue weighted by Gasteiger charge is 2.44. The fourth-order valence-corrected chi connectivity index (χ4v) is 7.45. The highest BCUT2D eigenvalue weighted by atomic mass is 127. The summed E-state index contributed by atoms with van der Waals surface area (Å²) in [6, 6.07) is 9.85. The Morgan fingerprint density at radius 3 is 1.55 bits per heavy atom. The van der Waals surface area contributed by atoms with Crippen molar-refractivity contribution >= 4 is 34.7 Å². The second-order valence-electron chi connectivity index (χ2n) is 15.0. The fraction of sp³-hybridized carbons (Fsp3) is 0.512. The van der Waals surface area contributed by atoms with Gasteiger partial charge in [-0.05, 0) is 130 Å². The van der Waals surface area contributed by atoms with Gasteiger partial charge < -0.3 is 20.4 Å². The van der Waals surface area contributed by atoms with Gasteiger partial charge in [0.2, 0.25) is 6.35 Å². The molecule has 1 aliphatic rings. The van der Waals surface area contributed by atoms with Gasteiger partial charge in [0.05, 0.1) is 23.2 Å². The number of aliphatic hydroxyl groups is 1. The Morgan fingerprint density at radius 1 is 0.647 bits per heavy atom. The smallest absolute Gasteiger partial charge is 0.332 e. The summed E-state index contributed by atoms with van der Waals surface area (Å²) in [7, 11) is 0. The van der Waals surface area contributed by atoms with Crippen LogP contribution in [0.5, 0.6) is 17.2 Å². The molecule has 1 fully saturated rings. The molecule has 278 valence electrons. The van der Waals surface area contributed by atoms with E-state index in [4.69, 9.17) is 0 Å². The van der Waals surface area contributed by atoms with Crippen LogP contribution in [-0.2, 0) is 44.3 Å². The van der Waals surface area contributed by atoms with Crippen LogP contribution in [0.2, 0.25) is 0 Å². The molecule has 0 aromatic heterocycles. The maximum absolute atomic E-state index is 14.3. The van der Waals surface area contributed by atoms with E-state index in [9.17, 15) is 30.0 Å². The van der Waals surface area contributed by atoms with Crippen molar-refractivity contribution < 1.29 is 30.0 Å². The number of hydrogen-bond donors (Lipinski definition) is 4. The van der Waals surface area contributed by atoms with Crippen molar-refractivity contribution in [2.45, 2.75) is 138 Å². The number of carbonyl (C=O) groups excluding carboxylic acids is 2. The summed E-state index contributed by atoms with van der Waals surface area (Å²) in [5, 5.41) is 44.6. The quantitative estimate of drug-likeness (QED) is 0.113. The summed E-state index contributed by atoms with van der Waals surface area (Å²) < 4.78 is 0.638. The molecule has 0 aliphatic carbocycles. The Bertz CT molecular complexity index is 1720. The highest BCUT2D eigenvalue weighted by Crippen LogP contribution is 2.37. The number of halogens is 1. The van der Waals surface area contributed by atoms with Gasteiger partial charge in [0.1, 0.15) is 17.2 Å². The molecule has 1 aliphatic heterocycles. The van der Waals surface area contributed by atoms with Crippen molar-refractivity contribution in [3.63, 3.8) is 0 Å². The summed E-state index contributed by atoms with van der Waals surface area (Å²) in [5.41, 5.74) is 5.58. The zero-order valence-corrected chi connectivity index (χ0v) is 33.5. The molecule has 4 N–H and O–H groups in total. The lowest BCUT2D eigenvalue weighted by molar-refractivity contribution is -0.101. The predicted octanol–water partition coefficient (Wildman–Crippen LogP) is 9.38. The van der Waals surface area contributed by atoms with Crippen LogP contribution in [0.25, 0.3) is 0 Å². The third-order valence-corrected chi connectivity index (χ3v) is 10.5. The van der Waals surface area contributed by atoms with Crippen LogP contribution in [0.1, 0.15) is 125 Å². The van der Waals surface area contributed by atoms with E-state index >= 15 is 0 Å². The van der Waals surface area contributed by atoms with Crippen LogP contribution in [0.4, 0.5) is 9.59 Å². The molecule has 51 heavy (non-hydrogen) atoms. The molecule has 0 radical (unpaired) electrons. The van der Waals surface area contributed by atoms with Gasteiger partial charge in [0.15, 0.2) is 0 Å². The molecular formula is C41H56IN3O6. The van der Waals surface area contributed by atoms with E-state index in [1.54, 1.807) is 6.07 Å². The van der Waals surface area contributed by atoms with E-state index in [1.165, 1.54) is 9.80 Å². The van der Waals surface area contributed by atoms with Gasteiger partial charge in [-0.2, -0.15) is 0 Å². The van der Waals surface area contributed by atoms with Crippen LogP contribution >= 0.6 is 22.6 Å². The monoisotopic (exact) mass is 813 g/mol. The molecule has 0 spiro atoms. The number of imide groups is 1. The molecule has 10 heteroatoms. The normalized spacial score (nSPS) is 15.3. The Labute approximate surface area is 317 Å². The summed E-state index contributed by atoms with van der Waals surface area (Å²) in [6.07, 6.45) is 6.00. The lowest BCUT2D eigenvalue weighted by Gasteiger charge is -2.45. The van der Waals surface area contributed by atoms with Gasteiger partial charge >= 0.3 is 12.1 Å². The van der Waals surface area contributed by atoms with E-state index in [0.29, 0.717) is 34.0 Å². The first-order valence-electron chi connectivity index (χ1n) is 18.3. The number of hydrogen-bond acceptors (Lipinski definition) is 6. The first kappa shape index (κ1) is 40.3. The van der Waals surface area contributed by atoms with E-state index in [1.807, 2.05) is 58.0 Å². The number of phenols is 3. The lowest BCUT2D eigenvalue weighted by Crippen LogP contribution is -2.65. The molecule has 4 rings (SSSR count). The van der Waals surface area contributed by atoms with Gasteiger partial charge in [-0.1, -0.05) is 85.1 Å². The molecule has 1 saturated heterocycles. The van der Waals surface area contributed by atoms with Gasteiger partial charge in [-0.15, -0.1) is 0 Å². The molecule has 3 aromatic carbocycles. The number of benzene rings is 3. The maximum Gasteiger partial charge on any atom is 0.332 e. The number of rotatable bonds is 15. The Kier molecular flexibility index (Phi) is 13.7. The van der Waals surface area contributed by atoms with Crippen molar-refractivity contribution in [2.24, 2.45) is 0 Å². The molecule has 4 amide bonds. The average Bonchev–Trinajstić information content (AvgIpc) is 3.08. The van der Waals surface area contributed by atoms with Crippen LogP contribution in [0, 0.1) is 10.5 Å². The Morgan fingerprint density at radius 2 is 1.08 bits per heavy atom. The molecule has 0 bridgehead atoms. The molecule has 0 saturated carbocycles. The third kappa shape index (κ3) is 9.49. The molecule has 3 aromatic rings. The predicted molar refractivity (Wildman–Crippen MR) is 210 cm³/mol. The SMILES string of the molecule is CCCCc1cc(CN2C(=O)N(Cc3cc(I)c(O)c(CCCC)c3)C(=O)N(Cc3cc(CCCC)c(O)c(C(C)(C)C)c3)C2O)cc(C)c1O. The number of phenolic OH excluding ortho intramolecular Hbond substituents is 3. The average molecular weight is 814 g/mol. The summed E-state index contributed by atoms with van der Waals surface area (Å²) in [4.78, 5) is 32.4. The first-order chi connectivity index (χ1) is 24.1. The van der Waals surface area contributed by atoms with Gasteiger partial charge in [0.25, 0.3) is 0 Å². The number of nitrogens with zero attached hydrogens (tertiary/aromatic N) is 3. The van der Waals surface area contributed by atoms with E-state index in [0.717, 1.165) is 76.8 Å². The van der Waals surface area contributed by atoms with E-state index in [-0.39, 0.29) is 42.3 Å². The number of unbranched alkanes of at least 4 members (excludes halogenated alkanes) is 3. The zero-order valence-electron chi connectivity index (χ0n) is 31.4. The van der Waals surface area contributed by atoms with E-state index in [2.05, 4.69) is 43.4 Å². The molecule has 1 unspecified atom stereocenters. The molecule has 9 nitrogen and oxygen atoms in total. The van der Waals surface area contributed by atoms with Crippen molar-refractivity contribution in [1.29, 1.82) is 0 Å². The van der Waals surface area contributed by atoms with Crippen LogP contribution in [0.15, 0.2) is 36.4 Å². The van der Waals surface area contributed by atoms with Crippen molar-refractivity contribution in [1.82, 2.24) is 14.7 Å². The molecule has 1 atom stereocenters. The lowest BCUT2D eigenvalue weighted by atomic mass is 9.83. The van der Waals surface area contributed by atoms with Crippen molar-refractivity contribution in [3.8, 4) is 17.2 Å². The Balaban J connectivity index is 1.79. The second kappa shape index (κ2) is 17.3.